The summed E-state index contributed by atoms with van der Waals surface area (Å²) in [5, 5.41) is 18.6. The number of aliphatic hydroxyl groups is 1. The minimum absolute atomic E-state index is 0.0765. The summed E-state index contributed by atoms with van der Waals surface area (Å²) in [5.41, 5.74) is 0. The van der Waals surface area contributed by atoms with E-state index in [1.807, 2.05) is 0 Å². The van der Waals surface area contributed by atoms with Crippen molar-refractivity contribution < 1.29 is 9.84 Å². The zero-order chi connectivity index (χ0) is 13.0. The monoisotopic (exact) mass is 252 g/mol. The molecular weight excluding hydrogens is 228 g/mol. The highest BCUT2D eigenvalue weighted by molar-refractivity contribution is 4.97. The van der Waals surface area contributed by atoms with E-state index >= 15 is 0 Å². The zero-order valence-corrected chi connectivity index (χ0v) is 11.2. The Bertz CT molecular complexity index is 303. The first-order valence-electron chi connectivity index (χ1n) is 7.14. The predicted molar refractivity (Wildman–Crippen MR) is 69.0 cm³/mol. The maximum atomic E-state index is 9.37. The number of ether oxygens (including phenoxy) is 1. The van der Waals surface area contributed by atoms with Gasteiger partial charge in [-0.1, -0.05) is 19.3 Å². The van der Waals surface area contributed by atoms with Gasteiger partial charge in [-0.05, 0) is 19.8 Å². The Labute approximate surface area is 110 Å². The summed E-state index contributed by atoms with van der Waals surface area (Å²) in [6, 6.07) is 3.21. The lowest BCUT2D eigenvalue weighted by Crippen LogP contribution is -2.55. The van der Waals surface area contributed by atoms with Gasteiger partial charge in [0.25, 0.3) is 0 Å². The molecule has 1 saturated heterocycles. The van der Waals surface area contributed by atoms with Crippen molar-refractivity contribution in [1.29, 1.82) is 5.26 Å². The molecule has 0 aromatic heterocycles. The standard InChI is InChI=1S/C14H24N2O2/c1-11-10-18-13(9-17)8-16(11)14-6-4-2-3-5-12(14)7-15/h11-14,17H,2-6,8-10H2,1H3. The van der Waals surface area contributed by atoms with Crippen LogP contribution < -0.4 is 0 Å². The van der Waals surface area contributed by atoms with E-state index in [2.05, 4.69) is 17.9 Å². The first-order valence-corrected chi connectivity index (χ1v) is 7.14. The molecule has 4 atom stereocenters. The SMILES string of the molecule is CC1COC(CO)CN1C1CCCCCC1C#N. The van der Waals surface area contributed by atoms with E-state index in [1.165, 1.54) is 19.3 Å². The van der Waals surface area contributed by atoms with Crippen LogP contribution in [-0.2, 0) is 4.74 Å². The van der Waals surface area contributed by atoms with Crippen LogP contribution in [0.1, 0.15) is 39.0 Å². The predicted octanol–water partition coefficient (Wildman–Crippen LogP) is 1.54. The van der Waals surface area contributed by atoms with E-state index in [-0.39, 0.29) is 18.6 Å². The van der Waals surface area contributed by atoms with Crippen molar-refractivity contribution >= 4 is 0 Å². The van der Waals surface area contributed by atoms with Crippen LogP contribution in [0, 0.1) is 17.2 Å². The van der Waals surface area contributed by atoms with Crippen molar-refractivity contribution in [3.05, 3.63) is 0 Å². The summed E-state index contributed by atoms with van der Waals surface area (Å²) < 4.78 is 5.59. The van der Waals surface area contributed by atoms with Gasteiger partial charge in [-0.3, -0.25) is 4.90 Å². The molecule has 0 aromatic rings. The van der Waals surface area contributed by atoms with E-state index in [0.717, 1.165) is 19.4 Å². The maximum Gasteiger partial charge on any atom is 0.0933 e. The van der Waals surface area contributed by atoms with E-state index in [4.69, 9.17) is 4.74 Å². The Hall–Kier alpha value is -0.630. The lowest BCUT2D eigenvalue weighted by molar-refractivity contribution is -0.0963. The van der Waals surface area contributed by atoms with Gasteiger partial charge in [0.05, 0.1) is 31.3 Å². The molecule has 1 saturated carbocycles. The van der Waals surface area contributed by atoms with E-state index in [9.17, 15) is 10.4 Å². The number of nitriles is 1. The van der Waals surface area contributed by atoms with Crippen LogP contribution in [0.5, 0.6) is 0 Å². The van der Waals surface area contributed by atoms with Gasteiger partial charge in [-0.25, -0.2) is 0 Å². The minimum atomic E-state index is -0.0798. The molecule has 0 bridgehead atoms. The Morgan fingerprint density at radius 3 is 2.83 bits per heavy atom. The number of morpholine rings is 1. The molecule has 0 aromatic carbocycles. The molecule has 1 N–H and O–H groups in total. The lowest BCUT2D eigenvalue weighted by Gasteiger charge is -2.43. The number of rotatable bonds is 2. The van der Waals surface area contributed by atoms with Gasteiger partial charge >= 0.3 is 0 Å². The Balaban J connectivity index is 2.08. The lowest BCUT2D eigenvalue weighted by atomic mass is 9.93. The van der Waals surface area contributed by atoms with Crippen molar-refractivity contribution in [2.75, 3.05) is 19.8 Å². The number of hydrogen-bond donors (Lipinski definition) is 1. The molecule has 1 aliphatic heterocycles. The number of nitrogens with zero attached hydrogens (tertiary/aromatic N) is 2. The summed E-state index contributed by atoms with van der Waals surface area (Å²) in [4.78, 5) is 2.41. The van der Waals surface area contributed by atoms with Crippen molar-refractivity contribution in [1.82, 2.24) is 4.90 Å². The summed E-state index contributed by atoms with van der Waals surface area (Å²) >= 11 is 0. The molecule has 18 heavy (non-hydrogen) atoms. The van der Waals surface area contributed by atoms with Gasteiger partial charge in [0.2, 0.25) is 0 Å². The number of hydrogen-bond acceptors (Lipinski definition) is 4. The molecule has 2 aliphatic rings. The molecule has 0 radical (unpaired) electrons. The van der Waals surface area contributed by atoms with Crippen molar-refractivity contribution in [2.24, 2.45) is 5.92 Å². The van der Waals surface area contributed by atoms with Crippen LogP contribution in [0.25, 0.3) is 0 Å². The normalized spacial score (nSPS) is 38.9. The first kappa shape index (κ1) is 13.8. The van der Waals surface area contributed by atoms with Crippen LogP contribution in [0.2, 0.25) is 0 Å². The summed E-state index contributed by atoms with van der Waals surface area (Å²) in [6.07, 6.45) is 5.70. The molecule has 1 aliphatic carbocycles. The quantitative estimate of drug-likeness (QED) is 0.757. The van der Waals surface area contributed by atoms with Crippen LogP contribution in [0.15, 0.2) is 0 Å². The van der Waals surface area contributed by atoms with Gasteiger partial charge in [0, 0.05) is 18.6 Å². The third-order valence-corrected chi connectivity index (χ3v) is 4.33. The van der Waals surface area contributed by atoms with Gasteiger partial charge in [-0.2, -0.15) is 5.26 Å². The largest absolute Gasteiger partial charge is 0.394 e. The molecular formula is C14H24N2O2. The Kier molecular flexibility index (Phi) is 4.99. The van der Waals surface area contributed by atoms with Crippen LogP contribution >= 0.6 is 0 Å². The molecule has 4 nitrogen and oxygen atoms in total. The number of aliphatic hydroxyl groups excluding tert-OH is 1. The van der Waals surface area contributed by atoms with Gasteiger partial charge in [-0.15, -0.1) is 0 Å². The fraction of sp³-hybridized carbons (Fsp3) is 0.929. The summed E-state index contributed by atoms with van der Waals surface area (Å²) in [7, 11) is 0. The van der Waals surface area contributed by atoms with E-state index in [1.54, 1.807) is 0 Å². The average molecular weight is 252 g/mol. The summed E-state index contributed by atoms with van der Waals surface area (Å²) in [5.74, 6) is 0.146. The highest BCUT2D eigenvalue weighted by atomic mass is 16.5. The van der Waals surface area contributed by atoms with E-state index < -0.39 is 0 Å². The second-order valence-electron chi connectivity index (χ2n) is 5.62. The van der Waals surface area contributed by atoms with E-state index in [0.29, 0.717) is 18.7 Å². The van der Waals surface area contributed by atoms with Crippen molar-refractivity contribution in [2.45, 2.75) is 57.2 Å². The highest BCUT2D eigenvalue weighted by Crippen LogP contribution is 2.30. The van der Waals surface area contributed by atoms with Crippen LogP contribution in [0.4, 0.5) is 0 Å². The third-order valence-electron chi connectivity index (χ3n) is 4.33. The molecule has 102 valence electrons. The Morgan fingerprint density at radius 1 is 1.33 bits per heavy atom. The molecule has 4 unspecified atom stereocenters. The molecule has 1 heterocycles. The molecule has 2 rings (SSSR count). The maximum absolute atomic E-state index is 9.37. The third kappa shape index (κ3) is 3.03. The molecule has 0 amide bonds. The fourth-order valence-corrected chi connectivity index (χ4v) is 3.25. The summed E-state index contributed by atoms with van der Waals surface area (Å²) in [6.45, 7) is 3.67. The molecule has 0 spiro atoms. The minimum Gasteiger partial charge on any atom is -0.394 e. The average Bonchev–Trinajstić information content (AvgIpc) is 2.64. The van der Waals surface area contributed by atoms with Crippen molar-refractivity contribution in [3.8, 4) is 6.07 Å². The first-order chi connectivity index (χ1) is 8.76. The second-order valence-corrected chi connectivity index (χ2v) is 5.62. The Morgan fingerprint density at radius 2 is 2.11 bits per heavy atom. The zero-order valence-electron chi connectivity index (χ0n) is 11.2. The molecule has 4 heteroatoms. The molecule has 2 fully saturated rings. The smallest absolute Gasteiger partial charge is 0.0933 e. The van der Waals surface area contributed by atoms with Crippen molar-refractivity contribution in [3.63, 3.8) is 0 Å². The van der Waals surface area contributed by atoms with Gasteiger partial charge in [0.15, 0.2) is 0 Å². The second kappa shape index (κ2) is 6.51. The van der Waals surface area contributed by atoms with Gasteiger partial charge < -0.3 is 9.84 Å². The fourth-order valence-electron chi connectivity index (χ4n) is 3.25. The van der Waals surface area contributed by atoms with Crippen LogP contribution in [-0.4, -0.2) is 48.0 Å². The van der Waals surface area contributed by atoms with Gasteiger partial charge in [0.1, 0.15) is 0 Å². The topological polar surface area (TPSA) is 56.5 Å². The highest BCUT2D eigenvalue weighted by Gasteiger charge is 2.35. The van der Waals surface area contributed by atoms with Crippen LogP contribution in [0.3, 0.4) is 0 Å².